The number of carboxylic acid groups (broad SMARTS) is 1. The van der Waals surface area contributed by atoms with E-state index in [4.69, 9.17) is 9.47 Å². The minimum atomic E-state index is -1.17. The smallest absolute Gasteiger partial charge is 0.330 e. The van der Waals surface area contributed by atoms with Gasteiger partial charge in [-0.25, -0.2) is 4.79 Å². The average Bonchev–Trinajstić information content (AvgIpc) is 3.13. The largest absolute Gasteiger partial charge is 0.493 e. The first-order chi connectivity index (χ1) is 13.9. The van der Waals surface area contributed by atoms with Gasteiger partial charge in [0.25, 0.3) is 0 Å². The van der Waals surface area contributed by atoms with Crippen LogP contribution in [0.25, 0.3) is 0 Å². The summed E-state index contributed by atoms with van der Waals surface area (Å²) in [5.74, 6) is -1.50. The van der Waals surface area contributed by atoms with Crippen molar-refractivity contribution in [2.75, 3.05) is 25.7 Å². The molecule has 1 aliphatic heterocycles. The van der Waals surface area contributed by atoms with E-state index in [0.717, 1.165) is 0 Å². The lowest BCUT2D eigenvalue weighted by molar-refractivity contribution is -0.142. The third kappa shape index (κ3) is 4.31. The molecule has 8 nitrogen and oxygen atoms in total. The molecule has 8 heteroatoms. The molecule has 2 amide bonds. The number of methoxy groups -OCH3 is 2. The molecular formula is C21H22N2O6. The highest BCUT2D eigenvalue weighted by atomic mass is 16.5. The Morgan fingerprint density at radius 3 is 2.41 bits per heavy atom. The summed E-state index contributed by atoms with van der Waals surface area (Å²) in [5, 5.41) is 12.0. The minimum absolute atomic E-state index is 0.00130. The number of ether oxygens (including phenoxy) is 2. The van der Waals surface area contributed by atoms with Gasteiger partial charge in [-0.15, -0.1) is 0 Å². The minimum Gasteiger partial charge on any atom is -0.493 e. The van der Waals surface area contributed by atoms with Crippen LogP contribution in [0.2, 0.25) is 0 Å². The lowest BCUT2D eigenvalue weighted by Gasteiger charge is -2.20. The van der Waals surface area contributed by atoms with Gasteiger partial charge in [0.1, 0.15) is 0 Å². The Balaban J connectivity index is 1.74. The molecule has 2 aromatic carbocycles. The number of hydrogen-bond acceptors (Lipinski definition) is 5. The standard InChI is InChI=1S/C21H22N2O6/c1-28-16-9-8-15(11-17(16)29-2)23-12-14(10-18(23)24)20(25)22-19(21(26)27)13-6-4-3-5-7-13/h3-9,11,14,19H,10,12H2,1-2H3,(H,22,25)(H,26,27). The summed E-state index contributed by atoms with van der Waals surface area (Å²) >= 11 is 0. The van der Waals surface area contributed by atoms with Crippen LogP contribution in [0.1, 0.15) is 18.0 Å². The van der Waals surface area contributed by atoms with Crippen LogP contribution in [-0.2, 0) is 14.4 Å². The van der Waals surface area contributed by atoms with Crippen LogP contribution < -0.4 is 19.7 Å². The normalized spacial score (nSPS) is 17.0. The molecular weight excluding hydrogens is 376 g/mol. The maximum Gasteiger partial charge on any atom is 0.330 e. The first kappa shape index (κ1) is 20.2. The summed E-state index contributed by atoms with van der Waals surface area (Å²) in [6.45, 7) is 0.154. The summed E-state index contributed by atoms with van der Waals surface area (Å²) in [6, 6.07) is 12.3. The lowest BCUT2D eigenvalue weighted by Crippen LogP contribution is -2.38. The van der Waals surface area contributed by atoms with Gasteiger partial charge in [0, 0.05) is 24.7 Å². The fraction of sp³-hybridized carbons (Fsp3) is 0.286. The number of amides is 2. The molecule has 2 N–H and O–H groups in total. The summed E-state index contributed by atoms with van der Waals surface area (Å²) in [5.41, 5.74) is 1.05. The Hall–Kier alpha value is -3.55. The molecule has 3 rings (SSSR count). The van der Waals surface area contributed by atoms with Gasteiger partial charge in [-0.3, -0.25) is 9.59 Å². The number of nitrogens with zero attached hydrogens (tertiary/aromatic N) is 1. The van der Waals surface area contributed by atoms with Crippen molar-refractivity contribution >= 4 is 23.5 Å². The van der Waals surface area contributed by atoms with E-state index in [1.165, 1.54) is 19.1 Å². The van der Waals surface area contributed by atoms with Gasteiger partial charge in [-0.1, -0.05) is 30.3 Å². The number of rotatable bonds is 7. The average molecular weight is 398 g/mol. The molecule has 0 spiro atoms. The van der Waals surface area contributed by atoms with Crippen LogP contribution >= 0.6 is 0 Å². The van der Waals surface area contributed by atoms with Crippen molar-refractivity contribution in [3.63, 3.8) is 0 Å². The quantitative estimate of drug-likeness (QED) is 0.739. The molecule has 0 saturated carbocycles. The van der Waals surface area contributed by atoms with E-state index in [2.05, 4.69) is 5.32 Å². The van der Waals surface area contributed by atoms with Crippen molar-refractivity contribution in [2.45, 2.75) is 12.5 Å². The number of carbonyl (C=O) groups is 3. The fourth-order valence-corrected chi connectivity index (χ4v) is 3.32. The van der Waals surface area contributed by atoms with Crippen LogP contribution in [0.5, 0.6) is 11.5 Å². The zero-order chi connectivity index (χ0) is 21.0. The van der Waals surface area contributed by atoms with Crippen LogP contribution in [-0.4, -0.2) is 43.7 Å². The van der Waals surface area contributed by atoms with Gasteiger partial charge in [0.2, 0.25) is 11.8 Å². The molecule has 0 aliphatic carbocycles. The number of carboxylic acids is 1. The van der Waals surface area contributed by atoms with Crippen LogP contribution in [0, 0.1) is 5.92 Å². The molecule has 29 heavy (non-hydrogen) atoms. The van der Waals surface area contributed by atoms with Crippen LogP contribution in [0.3, 0.4) is 0 Å². The maximum atomic E-state index is 12.7. The predicted octanol–water partition coefficient (Wildman–Crippen LogP) is 2.00. The summed E-state index contributed by atoms with van der Waals surface area (Å²) < 4.78 is 10.5. The molecule has 2 aromatic rings. The third-order valence-corrected chi connectivity index (χ3v) is 4.84. The lowest BCUT2D eigenvalue weighted by atomic mass is 10.0. The number of benzene rings is 2. The van der Waals surface area contributed by atoms with E-state index in [-0.39, 0.29) is 18.9 Å². The maximum absolute atomic E-state index is 12.7. The van der Waals surface area contributed by atoms with E-state index in [1.807, 2.05) is 0 Å². The Labute approximate surface area is 168 Å². The first-order valence-electron chi connectivity index (χ1n) is 9.05. The third-order valence-electron chi connectivity index (χ3n) is 4.84. The van der Waals surface area contributed by atoms with E-state index in [1.54, 1.807) is 48.5 Å². The second-order valence-electron chi connectivity index (χ2n) is 6.64. The Kier molecular flexibility index (Phi) is 6.01. The van der Waals surface area contributed by atoms with Crippen molar-refractivity contribution in [1.82, 2.24) is 5.32 Å². The van der Waals surface area contributed by atoms with E-state index in [0.29, 0.717) is 22.7 Å². The first-order valence-corrected chi connectivity index (χ1v) is 9.05. The summed E-state index contributed by atoms with van der Waals surface area (Å²) in [7, 11) is 3.02. The molecule has 1 heterocycles. The SMILES string of the molecule is COc1ccc(N2CC(C(=O)NC(C(=O)O)c3ccccc3)CC2=O)cc1OC. The Morgan fingerprint density at radius 1 is 1.10 bits per heavy atom. The molecule has 1 fully saturated rings. The van der Waals surface area contributed by atoms with E-state index >= 15 is 0 Å². The Bertz CT molecular complexity index is 915. The van der Waals surface area contributed by atoms with Crippen LogP contribution in [0.15, 0.2) is 48.5 Å². The second kappa shape index (κ2) is 8.64. The van der Waals surface area contributed by atoms with Gasteiger partial charge in [-0.05, 0) is 17.7 Å². The van der Waals surface area contributed by atoms with Gasteiger partial charge < -0.3 is 24.8 Å². The van der Waals surface area contributed by atoms with Gasteiger partial charge in [-0.2, -0.15) is 0 Å². The predicted molar refractivity (Wildman–Crippen MR) is 105 cm³/mol. The van der Waals surface area contributed by atoms with E-state index in [9.17, 15) is 19.5 Å². The topological polar surface area (TPSA) is 105 Å². The van der Waals surface area contributed by atoms with Gasteiger partial charge >= 0.3 is 5.97 Å². The van der Waals surface area contributed by atoms with Gasteiger partial charge in [0.05, 0.1) is 20.1 Å². The molecule has 0 bridgehead atoms. The second-order valence-corrected chi connectivity index (χ2v) is 6.64. The monoisotopic (exact) mass is 398 g/mol. The number of carbonyl (C=O) groups excluding carboxylic acids is 2. The Morgan fingerprint density at radius 2 is 1.79 bits per heavy atom. The number of hydrogen-bond donors (Lipinski definition) is 2. The highest BCUT2D eigenvalue weighted by Gasteiger charge is 2.37. The zero-order valence-corrected chi connectivity index (χ0v) is 16.1. The van der Waals surface area contributed by atoms with Crippen molar-refractivity contribution in [3.8, 4) is 11.5 Å². The number of anilines is 1. The van der Waals surface area contributed by atoms with Crippen LogP contribution in [0.4, 0.5) is 5.69 Å². The molecule has 0 radical (unpaired) electrons. The molecule has 1 aliphatic rings. The van der Waals surface area contributed by atoms with Crippen molar-refractivity contribution < 1.29 is 29.0 Å². The summed E-state index contributed by atoms with van der Waals surface area (Å²) in [6.07, 6.45) is 0.00130. The van der Waals surface area contributed by atoms with Crippen molar-refractivity contribution in [2.24, 2.45) is 5.92 Å². The van der Waals surface area contributed by atoms with Gasteiger partial charge in [0.15, 0.2) is 17.5 Å². The molecule has 1 saturated heterocycles. The fourth-order valence-electron chi connectivity index (χ4n) is 3.32. The number of aliphatic carboxylic acids is 1. The highest BCUT2D eigenvalue weighted by Crippen LogP contribution is 2.34. The summed E-state index contributed by atoms with van der Waals surface area (Å²) in [4.78, 5) is 38.3. The number of nitrogens with one attached hydrogen (secondary N) is 1. The van der Waals surface area contributed by atoms with Crippen molar-refractivity contribution in [3.05, 3.63) is 54.1 Å². The zero-order valence-electron chi connectivity index (χ0n) is 16.1. The molecule has 2 unspecified atom stereocenters. The van der Waals surface area contributed by atoms with E-state index < -0.39 is 23.8 Å². The molecule has 152 valence electrons. The molecule has 2 atom stereocenters. The van der Waals surface area contributed by atoms with Crippen molar-refractivity contribution in [1.29, 1.82) is 0 Å². The molecule has 0 aromatic heterocycles. The highest BCUT2D eigenvalue weighted by molar-refractivity contribution is 6.01.